The smallest absolute Gasteiger partial charge is 0.462 e. The Labute approximate surface area is 627 Å². The molecule has 0 heterocycles. The van der Waals surface area contributed by atoms with Gasteiger partial charge in [-0.15, -0.1) is 0 Å². The average molecular weight is 1430 g/mol. The molecular weight excluding hydrogens is 1280 g/mol. The second-order valence-corrected chi connectivity index (χ2v) is 28.8. The Balaban J connectivity index is 4.08. The predicted molar refractivity (Wildman–Crippen MR) is 444 cm³/mol. The molecule has 9 nitrogen and oxygen atoms in total. The lowest BCUT2D eigenvalue weighted by atomic mass is 10.0. The minimum atomic E-state index is -4.41. The van der Waals surface area contributed by atoms with E-state index in [-0.39, 0.29) is 32.0 Å². The first-order valence-corrected chi connectivity index (χ1v) is 42.0. The molecule has 0 aromatic carbocycles. The fourth-order valence-electron chi connectivity index (χ4n) is 10.4. The van der Waals surface area contributed by atoms with Gasteiger partial charge in [-0.1, -0.05) is 348 Å². The Morgan fingerprint density at radius 2 is 0.529 bits per heavy atom. The Bertz CT molecular complexity index is 2530. The van der Waals surface area contributed by atoms with E-state index >= 15 is 0 Å². The van der Waals surface area contributed by atoms with E-state index in [0.29, 0.717) is 17.4 Å². The third-order valence-electron chi connectivity index (χ3n) is 16.5. The van der Waals surface area contributed by atoms with Crippen LogP contribution in [0.2, 0.25) is 0 Å². The van der Waals surface area contributed by atoms with Gasteiger partial charge in [0.15, 0.2) is 6.10 Å². The van der Waals surface area contributed by atoms with Gasteiger partial charge >= 0.3 is 19.8 Å². The maximum atomic E-state index is 12.9. The molecule has 0 amide bonds. The number of likely N-dealkylation sites (N-methyl/N-ethyl adjacent to an activating group) is 1. The maximum absolute atomic E-state index is 12.9. The van der Waals surface area contributed by atoms with Crippen molar-refractivity contribution in [1.82, 2.24) is 0 Å². The standard InChI is InChI=1S/C92H148NO8P/c1-6-8-10-12-14-16-18-20-22-24-26-28-30-32-34-36-38-40-42-44-45-46-47-49-51-53-55-57-59-61-63-65-67-69-71-73-75-77-79-81-83-85-92(95)101-90(89-100-102(96,97)99-87-86-93(3,4)5)88-98-91(94)84-82-80-78-76-74-72-70-68-66-64-62-60-58-56-54-52-50-48-43-41-39-37-35-33-31-29-27-25-23-21-19-17-15-13-11-9-7-2/h8-11,14-17,20-23,26-29,32-35,38-41,44-45,47-50,53-56,60,62,90H,6-7,12-13,18-19,24-25,30-31,36-37,42-43,46,51-52,57-59,61,63-89H2,1-5H3/p+1/b10-8-,11-9-,16-14-,17-15-,22-20-,23-21-,28-26-,29-27-,34-32-,35-33-,40-38-,41-39-,45-44-,49-47-,50-48-,55-53-,56-54-,62-60-. The number of esters is 2. The van der Waals surface area contributed by atoms with Crippen molar-refractivity contribution in [3.8, 4) is 0 Å². The molecule has 0 saturated heterocycles. The highest BCUT2D eigenvalue weighted by Crippen LogP contribution is 2.43. The number of quaternary nitrogens is 1. The van der Waals surface area contributed by atoms with E-state index < -0.39 is 26.5 Å². The molecule has 0 rings (SSSR count). The molecule has 0 bridgehead atoms. The number of unbranched alkanes of at least 4 members (excludes halogenated alkanes) is 22. The van der Waals surface area contributed by atoms with Crippen LogP contribution < -0.4 is 0 Å². The second kappa shape index (κ2) is 79.4. The van der Waals surface area contributed by atoms with Crippen molar-refractivity contribution in [3.05, 3.63) is 219 Å². The number of ether oxygens (including phenoxy) is 2. The van der Waals surface area contributed by atoms with E-state index in [0.717, 1.165) is 167 Å². The molecule has 0 saturated carbocycles. The van der Waals surface area contributed by atoms with Gasteiger partial charge in [0.05, 0.1) is 27.7 Å². The van der Waals surface area contributed by atoms with E-state index in [2.05, 4.69) is 233 Å². The van der Waals surface area contributed by atoms with Crippen LogP contribution in [0.4, 0.5) is 0 Å². The Morgan fingerprint density at radius 1 is 0.304 bits per heavy atom. The third-order valence-corrected chi connectivity index (χ3v) is 17.5. The van der Waals surface area contributed by atoms with Crippen LogP contribution >= 0.6 is 7.82 Å². The largest absolute Gasteiger partial charge is 0.472 e. The van der Waals surface area contributed by atoms with Gasteiger partial charge in [0, 0.05) is 12.8 Å². The average Bonchev–Trinajstić information content (AvgIpc) is 0.916. The number of phosphoric ester groups is 1. The Hall–Kier alpha value is -5.67. The van der Waals surface area contributed by atoms with Crippen LogP contribution in [0.15, 0.2) is 219 Å². The molecule has 0 aromatic rings. The first-order valence-electron chi connectivity index (χ1n) is 40.5. The van der Waals surface area contributed by atoms with Gasteiger partial charge in [-0.3, -0.25) is 18.6 Å². The van der Waals surface area contributed by atoms with Crippen LogP contribution in [0, 0.1) is 0 Å². The van der Waals surface area contributed by atoms with E-state index in [1.807, 2.05) is 21.1 Å². The van der Waals surface area contributed by atoms with E-state index in [4.69, 9.17) is 18.5 Å². The van der Waals surface area contributed by atoms with E-state index in [9.17, 15) is 19.0 Å². The second-order valence-electron chi connectivity index (χ2n) is 27.3. The van der Waals surface area contributed by atoms with Gasteiger partial charge < -0.3 is 18.9 Å². The fraction of sp³-hybridized carbons (Fsp3) is 0.587. The van der Waals surface area contributed by atoms with Gasteiger partial charge in [-0.25, -0.2) is 4.57 Å². The lowest BCUT2D eigenvalue weighted by molar-refractivity contribution is -0.870. The molecule has 0 aromatic heterocycles. The molecule has 2 unspecified atom stereocenters. The van der Waals surface area contributed by atoms with Crippen molar-refractivity contribution in [1.29, 1.82) is 0 Å². The Kier molecular flexibility index (Phi) is 75.0. The molecular formula is C92H149NO8P+. The fourth-order valence-corrected chi connectivity index (χ4v) is 11.2. The molecule has 1 N–H and O–H groups in total. The summed E-state index contributed by atoms with van der Waals surface area (Å²) in [7, 11) is 1.45. The Morgan fingerprint density at radius 3 is 0.784 bits per heavy atom. The lowest BCUT2D eigenvalue weighted by Gasteiger charge is -2.24. The van der Waals surface area contributed by atoms with Crippen LogP contribution in [0.1, 0.15) is 296 Å². The van der Waals surface area contributed by atoms with Crippen molar-refractivity contribution in [2.45, 2.75) is 302 Å². The maximum Gasteiger partial charge on any atom is 0.472 e. The van der Waals surface area contributed by atoms with Crippen molar-refractivity contribution in [2.75, 3.05) is 47.5 Å². The van der Waals surface area contributed by atoms with Crippen LogP contribution in [-0.2, 0) is 32.7 Å². The molecule has 0 fully saturated rings. The molecule has 0 aliphatic rings. The number of hydrogen-bond donors (Lipinski definition) is 1. The molecule has 0 aliphatic heterocycles. The van der Waals surface area contributed by atoms with Crippen LogP contribution in [0.3, 0.4) is 0 Å². The van der Waals surface area contributed by atoms with Gasteiger partial charge in [0.1, 0.15) is 19.8 Å². The minimum absolute atomic E-state index is 0.0206. The van der Waals surface area contributed by atoms with Gasteiger partial charge in [-0.2, -0.15) is 0 Å². The van der Waals surface area contributed by atoms with Gasteiger partial charge in [-0.05, 0) is 154 Å². The molecule has 0 aliphatic carbocycles. The number of rotatable bonds is 72. The summed E-state index contributed by atoms with van der Waals surface area (Å²) in [4.78, 5) is 36.0. The summed E-state index contributed by atoms with van der Waals surface area (Å²) >= 11 is 0. The highest BCUT2D eigenvalue weighted by Gasteiger charge is 2.27. The minimum Gasteiger partial charge on any atom is -0.462 e. The predicted octanol–water partition coefficient (Wildman–Crippen LogP) is 27.5. The number of phosphoric acid groups is 1. The van der Waals surface area contributed by atoms with Gasteiger partial charge in [0.2, 0.25) is 0 Å². The zero-order chi connectivity index (χ0) is 74.0. The topological polar surface area (TPSA) is 108 Å². The van der Waals surface area contributed by atoms with Crippen LogP contribution in [0.5, 0.6) is 0 Å². The monoisotopic (exact) mass is 1430 g/mol. The summed E-state index contributed by atoms with van der Waals surface area (Å²) < 4.78 is 34.8. The first kappa shape index (κ1) is 96.3. The summed E-state index contributed by atoms with van der Waals surface area (Å²) in [6.45, 7) is 4.19. The zero-order valence-corrected chi connectivity index (χ0v) is 66.4. The van der Waals surface area contributed by atoms with Crippen molar-refractivity contribution >= 4 is 19.8 Å². The molecule has 102 heavy (non-hydrogen) atoms. The molecule has 574 valence electrons. The normalized spacial score (nSPS) is 14.2. The van der Waals surface area contributed by atoms with Crippen LogP contribution in [-0.4, -0.2) is 74.9 Å². The number of carbonyl (C=O) groups is 2. The van der Waals surface area contributed by atoms with Crippen molar-refractivity contribution < 1.29 is 42.1 Å². The summed E-state index contributed by atoms with van der Waals surface area (Å²) in [5.74, 6) is -0.814. The highest BCUT2D eigenvalue weighted by atomic mass is 31.2. The number of carbonyl (C=O) groups excluding carboxylic acids is 2. The number of allylic oxidation sites excluding steroid dienone is 36. The summed E-state index contributed by atoms with van der Waals surface area (Å²) in [6.07, 6.45) is 126. The molecule has 2 atom stereocenters. The van der Waals surface area contributed by atoms with Crippen molar-refractivity contribution in [2.24, 2.45) is 0 Å². The summed E-state index contributed by atoms with van der Waals surface area (Å²) in [6, 6.07) is 0. The summed E-state index contributed by atoms with van der Waals surface area (Å²) in [5, 5.41) is 0. The van der Waals surface area contributed by atoms with Crippen molar-refractivity contribution in [3.63, 3.8) is 0 Å². The molecule has 10 heteroatoms. The van der Waals surface area contributed by atoms with E-state index in [1.165, 1.54) is 96.3 Å². The van der Waals surface area contributed by atoms with Crippen LogP contribution in [0.25, 0.3) is 0 Å². The van der Waals surface area contributed by atoms with E-state index in [1.54, 1.807) is 0 Å². The summed E-state index contributed by atoms with van der Waals surface area (Å²) in [5.41, 5.74) is 0. The molecule has 0 radical (unpaired) electrons. The van der Waals surface area contributed by atoms with Gasteiger partial charge in [0.25, 0.3) is 0 Å². The number of hydrogen-bond acceptors (Lipinski definition) is 7. The highest BCUT2D eigenvalue weighted by molar-refractivity contribution is 7.47. The first-order chi connectivity index (χ1) is 50.0. The molecule has 0 spiro atoms. The third kappa shape index (κ3) is 83.3. The SMILES string of the molecule is CC/C=C\C/C=C\C/C=C\C/C=C\C/C=C\C/C=C\C/C=C\C/C=C\C/C=C\CCCCCCCCCCCCCCCC(=O)OC(COC(=O)CCCCCCCCCCC/C=C\C/C=C\C/C=C\C/C=C\C/C=C\C/C=C\C/C=C\C/C=C\C/C=C\CC)COP(=O)(O)OCC[N+](C)(C)C. The zero-order valence-electron chi connectivity index (χ0n) is 65.5. The number of nitrogens with zero attached hydrogens (tertiary/aromatic N) is 1. The quantitative estimate of drug-likeness (QED) is 0.0211. The lowest BCUT2D eigenvalue weighted by Crippen LogP contribution is -2.37.